The van der Waals surface area contributed by atoms with Gasteiger partial charge in [-0.25, -0.2) is 0 Å². The number of anilines is 1. The number of benzene rings is 2. The van der Waals surface area contributed by atoms with Gasteiger partial charge in [-0.1, -0.05) is 18.2 Å². The molecule has 2 aromatic rings. The Morgan fingerprint density at radius 1 is 0.917 bits per heavy atom. The minimum atomic E-state index is 0.765. The minimum Gasteiger partial charge on any atom is -0.497 e. The van der Waals surface area contributed by atoms with Gasteiger partial charge in [-0.3, -0.25) is 5.01 Å². The van der Waals surface area contributed by atoms with E-state index in [4.69, 9.17) is 9.47 Å². The maximum Gasteiger partial charge on any atom is 0.131 e. The van der Waals surface area contributed by atoms with Crippen LogP contribution in [0, 0.1) is 0 Å². The first-order chi connectivity index (χ1) is 11.8. The van der Waals surface area contributed by atoms with Gasteiger partial charge < -0.3 is 14.4 Å². The van der Waals surface area contributed by atoms with E-state index in [1.54, 1.807) is 14.2 Å². The second-order valence-electron chi connectivity index (χ2n) is 5.63. The van der Waals surface area contributed by atoms with Crippen molar-refractivity contribution in [3.05, 3.63) is 54.1 Å². The third-order valence-electron chi connectivity index (χ3n) is 4.18. The van der Waals surface area contributed by atoms with Gasteiger partial charge in [0.05, 0.1) is 33.5 Å². The average molecular weight is 325 g/mol. The molecule has 0 amide bonds. The van der Waals surface area contributed by atoms with Gasteiger partial charge in [-0.05, 0) is 24.3 Å². The molecule has 0 unspecified atom stereocenters. The molecule has 1 saturated heterocycles. The maximum atomic E-state index is 5.40. The lowest BCUT2D eigenvalue weighted by molar-refractivity contribution is 0.272. The lowest BCUT2D eigenvalue weighted by atomic mass is 10.2. The Labute approximate surface area is 143 Å². The first-order valence-electron chi connectivity index (χ1n) is 8.11. The van der Waals surface area contributed by atoms with Crippen LogP contribution < -0.4 is 14.4 Å². The van der Waals surface area contributed by atoms with Gasteiger partial charge >= 0.3 is 0 Å². The molecule has 1 fully saturated rings. The molecule has 1 heterocycles. The van der Waals surface area contributed by atoms with Crippen LogP contribution in [-0.2, 0) is 0 Å². The molecule has 0 atom stereocenters. The van der Waals surface area contributed by atoms with E-state index in [1.807, 2.05) is 30.5 Å². The first kappa shape index (κ1) is 16.2. The highest BCUT2D eigenvalue weighted by Gasteiger charge is 2.15. The normalized spacial score (nSPS) is 14.9. The molecular formula is C19H23N3O2. The predicted octanol–water partition coefficient (Wildman–Crippen LogP) is 2.86. The molecular weight excluding hydrogens is 302 g/mol. The van der Waals surface area contributed by atoms with Gasteiger partial charge in [0.15, 0.2) is 0 Å². The summed E-state index contributed by atoms with van der Waals surface area (Å²) < 4.78 is 10.6. The van der Waals surface area contributed by atoms with Crippen LogP contribution in [0.3, 0.4) is 0 Å². The van der Waals surface area contributed by atoms with Gasteiger partial charge in [-0.15, -0.1) is 0 Å². The van der Waals surface area contributed by atoms with Gasteiger partial charge in [0.2, 0.25) is 0 Å². The van der Waals surface area contributed by atoms with Gasteiger partial charge in [0.1, 0.15) is 11.5 Å². The highest BCUT2D eigenvalue weighted by molar-refractivity contribution is 5.83. The number of ether oxygens (including phenoxy) is 2. The van der Waals surface area contributed by atoms with Crippen LogP contribution in [-0.4, -0.2) is 51.6 Å². The highest BCUT2D eigenvalue weighted by atomic mass is 16.5. The van der Waals surface area contributed by atoms with Crippen molar-refractivity contribution in [2.75, 3.05) is 45.3 Å². The Hall–Kier alpha value is -2.69. The molecule has 0 N–H and O–H groups in total. The Kier molecular flexibility index (Phi) is 5.21. The molecule has 1 aliphatic rings. The molecule has 5 heteroatoms. The van der Waals surface area contributed by atoms with Crippen molar-refractivity contribution in [3.63, 3.8) is 0 Å². The van der Waals surface area contributed by atoms with Crippen LogP contribution in [0.25, 0.3) is 0 Å². The zero-order valence-electron chi connectivity index (χ0n) is 14.2. The summed E-state index contributed by atoms with van der Waals surface area (Å²) in [6.45, 7) is 3.76. The predicted molar refractivity (Wildman–Crippen MR) is 97.4 cm³/mol. The number of hydrazone groups is 1. The third-order valence-corrected chi connectivity index (χ3v) is 4.18. The largest absolute Gasteiger partial charge is 0.497 e. The van der Waals surface area contributed by atoms with Crippen LogP contribution in [0.5, 0.6) is 11.5 Å². The topological polar surface area (TPSA) is 37.3 Å². The molecule has 3 rings (SSSR count). The van der Waals surface area contributed by atoms with E-state index in [0.717, 1.165) is 43.2 Å². The summed E-state index contributed by atoms with van der Waals surface area (Å²) in [6.07, 6.45) is 1.86. The zero-order chi connectivity index (χ0) is 16.8. The molecule has 0 aromatic heterocycles. The quantitative estimate of drug-likeness (QED) is 0.792. The average Bonchev–Trinajstić information content (AvgIpc) is 2.67. The molecule has 0 saturated carbocycles. The summed E-state index contributed by atoms with van der Waals surface area (Å²) in [5.74, 6) is 1.54. The molecule has 0 spiro atoms. The number of methoxy groups -OCH3 is 2. The van der Waals surface area contributed by atoms with Gasteiger partial charge in [0.25, 0.3) is 0 Å². The van der Waals surface area contributed by atoms with E-state index < -0.39 is 0 Å². The molecule has 0 bridgehead atoms. The Morgan fingerprint density at radius 2 is 1.67 bits per heavy atom. The second kappa shape index (κ2) is 7.73. The second-order valence-corrected chi connectivity index (χ2v) is 5.63. The van der Waals surface area contributed by atoms with Crippen LogP contribution >= 0.6 is 0 Å². The van der Waals surface area contributed by atoms with E-state index in [2.05, 4.69) is 39.3 Å². The van der Waals surface area contributed by atoms with E-state index in [-0.39, 0.29) is 0 Å². The summed E-state index contributed by atoms with van der Waals surface area (Å²) in [5.41, 5.74) is 2.22. The molecule has 24 heavy (non-hydrogen) atoms. The first-order valence-corrected chi connectivity index (χ1v) is 8.11. The fourth-order valence-corrected chi connectivity index (χ4v) is 2.78. The van der Waals surface area contributed by atoms with Crippen molar-refractivity contribution in [1.29, 1.82) is 0 Å². The number of rotatable bonds is 5. The highest BCUT2D eigenvalue weighted by Crippen LogP contribution is 2.23. The van der Waals surface area contributed by atoms with Crippen LogP contribution in [0.4, 0.5) is 5.69 Å². The summed E-state index contributed by atoms with van der Waals surface area (Å²) in [6, 6.07) is 16.3. The Bertz CT molecular complexity index is 680. The van der Waals surface area contributed by atoms with Crippen LogP contribution in [0.1, 0.15) is 5.56 Å². The number of para-hydroxylation sites is 1. The molecule has 126 valence electrons. The van der Waals surface area contributed by atoms with Crippen LogP contribution in [0.15, 0.2) is 53.6 Å². The van der Waals surface area contributed by atoms with Crippen molar-refractivity contribution >= 4 is 11.9 Å². The zero-order valence-corrected chi connectivity index (χ0v) is 14.2. The summed E-state index contributed by atoms with van der Waals surface area (Å²) in [5, 5.41) is 6.71. The summed E-state index contributed by atoms with van der Waals surface area (Å²) in [4.78, 5) is 2.39. The fraction of sp³-hybridized carbons (Fsp3) is 0.316. The van der Waals surface area contributed by atoms with Crippen molar-refractivity contribution in [3.8, 4) is 11.5 Å². The lowest BCUT2D eigenvalue weighted by Gasteiger charge is -2.34. The maximum absolute atomic E-state index is 5.40. The number of hydrogen-bond acceptors (Lipinski definition) is 5. The Balaban J connectivity index is 1.61. The summed E-state index contributed by atoms with van der Waals surface area (Å²) >= 11 is 0. The van der Waals surface area contributed by atoms with Gasteiger partial charge in [-0.2, -0.15) is 5.10 Å². The third kappa shape index (κ3) is 3.79. The van der Waals surface area contributed by atoms with E-state index in [9.17, 15) is 0 Å². The van der Waals surface area contributed by atoms with E-state index in [0.29, 0.717) is 0 Å². The SMILES string of the molecule is COc1ccc(/C=N/N2CCN(c3ccccc3)CC2)c(OC)c1. The molecule has 5 nitrogen and oxygen atoms in total. The van der Waals surface area contributed by atoms with E-state index >= 15 is 0 Å². The smallest absolute Gasteiger partial charge is 0.131 e. The lowest BCUT2D eigenvalue weighted by Crippen LogP contribution is -2.44. The van der Waals surface area contributed by atoms with Crippen molar-refractivity contribution in [2.45, 2.75) is 0 Å². The van der Waals surface area contributed by atoms with Crippen molar-refractivity contribution in [1.82, 2.24) is 5.01 Å². The number of hydrogen-bond donors (Lipinski definition) is 0. The summed E-state index contributed by atoms with van der Waals surface area (Å²) in [7, 11) is 3.31. The monoisotopic (exact) mass is 325 g/mol. The molecule has 1 aliphatic heterocycles. The molecule has 0 aliphatic carbocycles. The standard InChI is InChI=1S/C19H23N3O2/c1-23-18-9-8-16(19(14-18)24-2)15-20-22-12-10-21(11-13-22)17-6-4-3-5-7-17/h3-9,14-15H,10-13H2,1-2H3/b20-15+. The molecule has 0 radical (unpaired) electrons. The van der Waals surface area contributed by atoms with Crippen molar-refractivity contribution in [2.24, 2.45) is 5.10 Å². The molecule has 2 aromatic carbocycles. The minimum absolute atomic E-state index is 0.765. The van der Waals surface area contributed by atoms with Crippen LogP contribution in [0.2, 0.25) is 0 Å². The Morgan fingerprint density at radius 3 is 2.33 bits per heavy atom. The number of piperazine rings is 1. The van der Waals surface area contributed by atoms with E-state index in [1.165, 1.54) is 5.69 Å². The fourth-order valence-electron chi connectivity index (χ4n) is 2.78. The van der Waals surface area contributed by atoms with Gasteiger partial charge in [0, 0.05) is 30.4 Å². The number of nitrogens with zero attached hydrogens (tertiary/aromatic N) is 3. The van der Waals surface area contributed by atoms with Crippen molar-refractivity contribution < 1.29 is 9.47 Å².